The number of ketones is 1. The predicted molar refractivity (Wildman–Crippen MR) is 62.2 cm³/mol. The Morgan fingerprint density at radius 2 is 2.27 bits per heavy atom. The van der Waals surface area contributed by atoms with Gasteiger partial charge in [0.15, 0.2) is 5.78 Å². The van der Waals surface area contributed by atoms with Crippen LogP contribution in [0, 0.1) is 0 Å². The van der Waals surface area contributed by atoms with Crippen LogP contribution in [0.2, 0.25) is 5.02 Å². The van der Waals surface area contributed by atoms with Crippen molar-refractivity contribution in [1.82, 2.24) is 4.98 Å². The number of Topliss-reactive ketones (excluding diaryl/α,β-unsaturated/α-hetero) is 1. The number of carbonyl (C=O) groups excluding carboxylic acids is 1. The van der Waals surface area contributed by atoms with Crippen LogP contribution in [-0.2, 0) is 0 Å². The molecule has 0 atom stereocenters. The third kappa shape index (κ3) is 4.26. The number of rotatable bonds is 4. The zero-order chi connectivity index (χ0) is 11.3. The number of halogens is 1. The third-order valence-electron chi connectivity index (χ3n) is 1.93. The summed E-state index contributed by atoms with van der Waals surface area (Å²) in [5.74, 6) is 0.0370. The molecule has 0 unspecified atom stereocenters. The molecule has 0 amide bonds. The molecule has 0 saturated heterocycles. The summed E-state index contributed by atoms with van der Waals surface area (Å²) in [6, 6.07) is 3.26. The molecule has 0 bridgehead atoms. The fourth-order valence-corrected chi connectivity index (χ4v) is 1.34. The van der Waals surface area contributed by atoms with E-state index in [9.17, 15) is 4.79 Å². The number of hydrogen-bond donors (Lipinski definition) is 0. The molecule has 3 heteroatoms. The monoisotopic (exact) mass is 223 g/mol. The number of pyridine rings is 1. The molecule has 0 aliphatic carbocycles. The molecule has 0 aromatic carbocycles. The van der Waals surface area contributed by atoms with E-state index in [0.717, 1.165) is 6.42 Å². The van der Waals surface area contributed by atoms with E-state index < -0.39 is 0 Å². The topological polar surface area (TPSA) is 30.0 Å². The average Bonchev–Trinajstić information content (AvgIpc) is 2.17. The minimum absolute atomic E-state index is 0.0370. The minimum Gasteiger partial charge on any atom is -0.292 e. The Kier molecular flexibility index (Phi) is 4.50. The molecule has 1 aromatic rings. The van der Waals surface area contributed by atoms with Gasteiger partial charge in [-0.2, -0.15) is 0 Å². The van der Waals surface area contributed by atoms with Crippen molar-refractivity contribution in [2.45, 2.75) is 26.7 Å². The second kappa shape index (κ2) is 5.66. The van der Waals surface area contributed by atoms with Crippen molar-refractivity contribution in [3.8, 4) is 0 Å². The number of allylic oxidation sites excluding steroid dienone is 2. The predicted octanol–water partition coefficient (Wildman–Crippen LogP) is 3.66. The Labute approximate surface area is 95.0 Å². The van der Waals surface area contributed by atoms with Crippen LogP contribution in [0.15, 0.2) is 30.0 Å². The molecule has 0 aliphatic rings. The molecule has 80 valence electrons. The van der Waals surface area contributed by atoms with Crippen LogP contribution in [0.25, 0.3) is 0 Å². The fourth-order valence-electron chi connectivity index (χ4n) is 1.18. The quantitative estimate of drug-likeness (QED) is 0.576. The maximum Gasteiger partial charge on any atom is 0.181 e. The highest BCUT2D eigenvalue weighted by Crippen LogP contribution is 2.10. The van der Waals surface area contributed by atoms with Crippen molar-refractivity contribution in [3.05, 3.63) is 40.7 Å². The summed E-state index contributed by atoms with van der Waals surface area (Å²) in [6.07, 6.45) is 4.84. The summed E-state index contributed by atoms with van der Waals surface area (Å²) in [4.78, 5) is 15.6. The molecule has 0 radical (unpaired) electrons. The number of aromatic nitrogens is 1. The normalized spacial score (nSPS) is 9.80. The van der Waals surface area contributed by atoms with Crippen molar-refractivity contribution in [2.75, 3.05) is 0 Å². The molecule has 1 rings (SSSR count). The Bertz CT molecular complexity index is 381. The average molecular weight is 224 g/mol. The molecule has 0 aliphatic heterocycles. The summed E-state index contributed by atoms with van der Waals surface area (Å²) in [5.41, 5.74) is 1.67. The Morgan fingerprint density at radius 1 is 1.53 bits per heavy atom. The molecule has 1 heterocycles. The van der Waals surface area contributed by atoms with Crippen molar-refractivity contribution in [2.24, 2.45) is 0 Å². The first-order valence-electron chi connectivity index (χ1n) is 4.87. The zero-order valence-corrected chi connectivity index (χ0v) is 9.71. The zero-order valence-electron chi connectivity index (χ0n) is 8.96. The Morgan fingerprint density at radius 3 is 2.87 bits per heavy atom. The summed E-state index contributed by atoms with van der Waals surface area (Å²) < 4.78 is 0. The minimum atomic E-state index is 0.0370. The van der Waals surface area contributed by atoms with E-state index in [4.69, 9.17) is 11.6 Å². The van der Waals surface area contributed by atoms with Gasteiger partial charge in [-0.1, -0.05) is 23.3 Å². The van der Waals surface area contributed by atoms with Gasteiger partial charge in [0.2, 0.25) is 0 Å². The molecule has 0 saturated carbocycles. The van der Waals surface area contributed by atoms with E-state index >= 15 is 0 Å². The van der Waals surface area contributed by atoms with Gasteiger partial charge >= 0.3 is 0 Å². The maximum absolute atomic E-state index is 11.6. The first kappa shape index (κ1) is 11.9. The molecule has 0 N–H and O–H groups in total. The Balaban J connectivity index is 2.58. The molecule has 15 heavy (non-hydrogen) atoms. The van der Waals surface area contributed by atoms with Crippen molar-refractivity contribution >= 4 is 17.4 Å². The lowest BCUT2D eigenvalue weighted by Crippen LogP contribution is -2.00. The lowest BCUT2D eigenvalue weighted by Gasteiger charge is -1.98. The van der Waals surface area contributed by atoms with Gasteiger partial charge in [0.1, 0.15) is 5.69 Å². The van der Waals surface area contributed by atoms with Crippen molar-refractivity contribution < 1.29 is 4.79 Å². The van der Waals surface area contributed by atoms with Crippen LogP contribution in [0.3, 0.4) is 0 Å². The van der Waals surface area contributed by atoms with Gasteiger partial charge in [0, 0.05) is 17.6 Å². The Hall–Kier alpha value is -1.15. The van der Waals surface area contributed by atoms with E-state index in [1.54, 1.807) is 18.3 Å². The van der Waals surface area contributed by atoms with Crippen molar-refractivity contribution in [3.63, 3.8) is 0 Å². The van der Waals surface area contributed by atoms with E-state index in [2.05, 4.69) is 4.98 Å². The smallest absolute Gasteiger partial charge is 0.181 e. The van der Waals surface area contributed by atoms with Gasteiger partial charge in [-0.3, -0.25) is 9.78 Å². The summed E-state index contributed by atoms with van der Waals surface area (Å²) in [5, 5.41) is 0.551. The van der Waals surface area contributed by atoms with Gasteiger partial charge in [0.05, 0.1) is 0 Å². The van der Waals surface area contributed by atoms with Gasteiger partial charge in [-0.15, -0.1) is 0 Å². The standard InChI is InChI=1S/C12H14ClNO/c1-9(2)4-3-5-12(15)11-8-10(13)6-7-14-11/h4,6-8H,3,5H2,1-2H3. The first-order chi connectivity index (χ1) is 7.09. The van der Waals surface area contributed by atoms with Gasteiger partial charge in [-0.05, 0) is 32.4 Å². The van der Waals surface area contributed by atoms with E-state index in [-0.39, 0.29) is 5.78 Å². The lowest BCUT2D eigenvalue weighted by molar-refractivity contribution is 0.0979. The number of carbonyl (C=O) groups is 1. The second-order valence-corrected chi connectivity index (χ2v) is 4.04. The molecular formula is C12H14ClNO. The molecule has 0 spiro atoms. The first-order valence-corrected chi connectivity index (χ1v) is 5.25. The molecule has 1 aromatic heterocycles. The summed E-state index contributed by atoms with van der Waals surface area (Å²) in [7, 11) is 0. The fraction of sp³-hybridized carbons (Fsp3) is 0.333. The summed E-state index contributed by atoms with van der Waals surface area (Å²) >= 11 is 5.77. The van der Waals surface area contributed by atoms with Gasteiger partial charge in [0.25, 0.3) is 0 Å². The van der Waals surface area contributed by atoms with Crippen molar-refractivity contribution in [1.29, 1.82) is 0 Å². The molecular weight excluding hydrogens is 210 g/mol. The SMILES string of the molecule is CC(C)=CCCC(=O)c1cc(Cl)ccn1. The number of nitrogens with zero attached hydrogens (tertiary/aromatic N) is 1. The largest absolute Gasteiger partial charge is 0.292 e. The highest BCUT2D eigenvalue weighted by atomic mass is 35.5. The number of hydrogen-bond acceptors (Lipinski definition) is 2. The highest BCUT2D eigenvalue weighted by molar-refractivity contribution is 6.30. The molecule has 2 nitrogen and oxygen atoms in total. The van der Waals surface area contributed by atoms with Crippen LogP contribution < -0.4 is 0 Å². The van der Waals surface area contributed by atoms with Crippen LogP contribution in [0.4, 0.5) is 0 Å². The van der Waals surface area contributed by atoms with Crippen LogP contribution in [0.5, 0.6) is 0 Å². The maximum atomic E-state index is 11.6. The van der Waals surface area contributed by atoms with Crippen LogP contribution in [0.1, 0.15) is 37.2 Å². The lowest BCUT2D eigenvalue weighted by atomic mass is 10.1. The second-order valence-electron chi connectivity index (χ2n) is 3.60. The molecule has 0 fully saturated rings. The van der Waals surface area contributed by atoms with Crippen LogP contribution in [-0.4, -0.2) is 10.8 Å². The van der Waals surface area contributed by atoms with E-state index in [0.29, 0.717) is 17.1 Å². The van der Waals surface area contributed by atoms with E-state index in [1.807, 2.05) is 19.9 Å². The van der Waals surface area contributed by atoms with Gasteiger partial charge < -0.3 is 0 Å². The van der Waals surface area contributed by atoms with Gasteiger partial charge in [-0.25, -0.2) is 0 Å². The van der Waals surface area contributed by atoms with Crippen LogP contribution >= 0.6 is 11.6 Å². The van der Waals surface area contributed by atoms with E-state index in [1.165, 1.54) is 5.57 Å². The third-order valence-corrected chi connectivity index (χ3v) is 2.17. The highest BCUT2D eigenvalue weighted by Gasteiger charge is 2.06. The summed E-state index contributed by atoms with van der Waals surface area (Å²) in [6.45, 7) is 4.03.